The molecule has 0 aromatic heterocycles. The van der Waals surface area contributed by atoms with Crippen LogP contribution in [0.2, 0.25) is 0 Å². The third kappa shape index (κ3) is 3.47. The van der Waals surface area contributed by atoms with Crippen LogP contribution in [0.4, 0.5) is 0 Å². The smallest absolute Gasteiger partial charge is 0.119 e. The summed E-state index contributed by atoms with van der Waals surface area (Å²) < 4.78 is 5.60. The van der Waals surface area contributed by atoms with Gasteiger partial charge in [-0.3, -0.25) is 0 Å². The molecule has 0 bridgehead atoms. The van der Waals surface area contributed by atoms with Crippen molar-refractivity contribution in [1.82, 2.24) is 5.32 Å². The predicted octanol–water partition coefficient (Wildman–Crippen LogP) is 2.65. The summed E-state index contributed by atoms with van der Waals surface area (Å²) in [5, 5.41) is 13.8. The monoisotopic (exact) mass is 249 g/mol. The molecule has 1 saturated heterocycles. The van der Waals surface area contributed by atoms with Gasteiger partial charge in [-0.15, -0.1) is 0 Å². The molecule has 0 spiro atoms. The van der Waals surface area contributed by atoms with Gasteiger partial charge in [0.1, 0.15) is 5.75 Å². The summed E-state index contributed by atoms with van der Waals surface area (Å²) in [7, 11) is 0. The highest BCUT2D eigenvalue weighted by atomic mass is 16.5. The van der Waals surface area contributed by atoms with Gasteiger partial charge >= 0.3 is 0 Å². The molecule has 1 heterocycles. The van der Waals surface area contributed by atoms with Crippen LogP contribution in [-0.4, -0.2) is 24.3 Å². The second-order valence-corrected chi connectivity index (χ2v) is 4.92. The second kappa shape index (κ2) is 6.76. The van der Waals surface area contributed by atoms with E-state index in [1.807, 2.05) is 24.3 Å². The highest BCUT2D eigenvalue weighted by molar-refractivity contribution is 5.30. The van der Waals surface area contributed by atoms with E-state index in [4.69, 9.17) is 4.74 Å². The highest BCUT2D eigenvalue weighted by Crippen LogP contribution is 2.25. The number of ether oxygens (including phenoxy) is 1. The molecule has 2 atom stereocenters. The van der Waals surface area contributed by atoms with Crippen LogP contribution in [-0.2, 0) is 0 Å². The van der Waals surface area contributed by atoms with Crippen molar-refractivity contribution >= 4 is 0 Å². The first-order chi connectivity index (χ1) is 8.81. The Morgan fingerprint density at radius 2 is 2.33 bits per heavy atom. The largest absolute Gasteiger partial charge is 0.494 e. The first-order valence-electron chi connectivity index (χ1n) is 6.95. The minimum Gasteiger partial charge on any atom is -0.494 e. The molecular formula is C15H23NO2. The Balaban J connectivity index is 2.02. The van der Waals surface area contributed by atoms with Gasteiger partial charge in [-0.05, 0) is 43.5 Å². The minimum atomic E-state index is -0.435. The van der Waals surface area contributed by atoms with Crippen molar-refractivity contribution in [2.75, 3.05) is 13.2 Å². The van der Waals surface area contributed by atoms with E-state index >= 15 is 0 Å². The number of hydrogen-bond acceptors (Lipinski definition) is 3. The maximum Gasteiger partial charge on any atom is 0.119 e. The van der Waals surface area contributed by atoms with Crippen molar-refractivity contribution in [1.29, 1.82) is 0 Å². The zero-order valence-electron chi connectivity index (χ0n) is 11.1. The lowest BCUT2D eigenvalue weighted by molar-refractivity contribution is 0.113. The Kier molecular flexibility index (Phi) is 5.02. The van der Waals surface area contributed by atoms with Crippen LogP contribution in [0.5, 0.6) is 5.75 Å². The SMILES string of the molecule is CCCOc1cccc(C(O)C2CCCCN2)c1. The molecule has 1 fully saturated rings. The Morgan fingerprint density at radius 3 is 3.06 bits per heavy atom. The number of rotatable bonds is 5. The normalized spacial score (nSPS) is 21.6. The Hall–Kier alpha value is -1.06. The van der Waals surface area contributed by atoms with Crippen molar-refractivity contribution in [3.8, 4) is 5.75 Å². The zero-order valence-corrected chi connectivity index (χ0v) is 11.1. The first kappa shape index (κ1) is 13.4. The Morgan fingerprint density at radius 1 is 1.44 bits per heavy atom. The molecule has 2 N–H and O–H groups in total. The molecule has 0 radical (unpaired) electrons. The van der Waals surface area contributed by atoms with Gasteiger partial charge in [0.25, 0.3) is 0 Å². The standard InChI is InChI=1S/C15H23NO2/c1-2-10-18-13-7-5-6-12(11-13)15(17)14-8-3-4-9-16-14/h5-7,11,14-17H,2-4,8-10H2,1H3. The maximum atomic E-state index is 10.4. The molecule has 0 aliphatic carbocycles. The van der Waals surface area contributed by atoms with Crippen molar-refractivity contribution in [3.63, 3.8) is 0 Å². The minimum absolute atomic E-state index is 0.181. The summed E-state index contributed by atoms with van der Waals surface area (Å²) in [6.07, 6.45) is 4.01. The molecule has 0 saturated carbocycles. The summed E-state index contributed by atoms with van der Waals surface area (Å²) in [5.74, 6) is 0.851. The molecule has 1 aromatic carbocycles. The lowest BCUT2D eigenvalue weighted by Gasteiger charge is -2.28. The van der Waals surface area contributed by atoms with Gasteiger partial charge in [0.15, 0.2) is 0 Å². The summed E-state index contributed by atoms with van der Waals surface area (Å²) in [4.78, 5) is 0. The number of nitrogens with one attached hydrogen (secondary N) is 1. The fourth-order valence-electron chi connectivity index (χ4n) is 2.39. The molecule has 0 amide bonds. The van der Waals surface area contributed by atoms with Crippen LogP contribution in [0.1, 0.15) is 44.3 Å². The number of hydrogen-bond donors (Lipinski definition) is 2. The number of aliphatic hydroxyl groups is 1. The predicted molar refractivity (Wildman–Crippen MR) is 72.8 cm³/mol. The van der Waals surface area contributed by atoms with Crippen molar-refractivity contribution in [2.45, 2.75) is 44.8 Å². The van der Waals surface area contributed by atoms with E-state index in [0.29, 0.717) is 0 Å². The molecule has 3 heteroatoms. The van der Waals surface area contributed by atoms with Crippen molar-refractivity contribution in [2.24, 2.45) is 0 Å². The quantitative estimate of drug-likeness (QED) is 0.843. The van der Waals surface area contributed by atoms with Crippen molar-refractivity contribution in [3.05, 3.63) is 29.8 Å². The van der Waals surface area contributed by atoms with E-state index in [1.165, 1.54) is 12.8 Å². The fraction of sp³-hybridized carbons (Fsp3) is 0.600. The summed E-state index contributed by atoms with van der Waals surface area (Å²) in [6.45, 7) is 3.82. The molecule has 1 aliphatic rings. The van der Waals surface area contributed by atoms with E-state index in [0.717, 1.165) is 37.3 Å². The average Bonchev–Trinajstić information content (AvgIpc) is 2.45. The number of piperidine rings is 1. The molecule has 1 aromatic rings. The van der Waals surface area contributed by atoms with Gasteiger partial charge in [-0.1, -0.05) is 25.5 Å². The van der Waals surface area contributed by atoms with E-state index in [-0.39, 0.29) is 6.04 Å². The van der Waals surface area contributed by atoms with E-state index < -0.39 is 6.10 Å². The van der Waals surface area contributed by atoms with Gasteiger partial charge < -0.3 is 15.2 Å². The third-order valence-electron chi connectivity index (χ3n) is 3.40. The van der Waals surface area contributed by atoms with Crippen LogP contribution >= 0.6 is 0 Å². The summed E-state index contributed by atoms with van der Waals surface area (Å²) in [5.41, 5.74) is 0.947. The van der Waals surface area contributed by atoms with Gasteiger partial charge in [0.2, 0.25) is 0 Å². The van der Waals surface area contributed by atoms with Crippen LogP contribution in [0.15, 0.2) is 24.3 Å². The van der Waals surface area contributed by atoms with Crippen LogP contribution in [0.3, 0.4) is 0 Å². The summed E-state index contributed by atoms with van der Waals surface area (Å²) in [6, 6.07) is 8.00. The zero-order chi connectivity index (χ0) is 12.8. The van der Waals surface area contributed by atoms with Crippen LogP contribution in [0.25, 0.3) is 0 Å². The van der Waals surface area contributed by atoms with E-state index in [9.17, 15) is 5.11 Å². The third-order valence-corrected chi connectivity index (χ3v) is 3.40. The average molecular weight is 249 g/mol. The molecule has 18 heavy (non-hydrogen) atoms. The molecule has 2 unspecified atom stereocenters. The van der Waals surface area contributed by atoms with Gasteiger partial charge in [-0.2, -0.15) is 0 Å². The fourth-order valence-corrected chi connectivity index (χ4v) is 2.39. The van der Waals surface area contributed by atoms with Gasteiger partial charge in [0.05, 0.1) is 12.7 Å². The van der Waals surface area contributed by atoms with Gasteiger partial charge in [0, 0.05) is 6.04 Å². The highest BCUT2D eigenvalue weighted by Gasteiger charge is 2.22. The molecular weight excluding hydrogens is 226 g/mol. The molecule has 2 rings (SSSR count). The topological polar surface area (TPSA) is 41.5 Å². The summed E-state index contributed by atoms with van der Waals surface area (Å²) >= 11 is 0. The van der Waals surface area contributed by atoms with Crippen LogP contribution in [0, 0.1) is 0 Å². The van der Waals surface area contributed by atoms with E-state index in [2.05, 4.69) is 12.2 Å². The lowest BCUT2D eigenvalue weighted by atomic mass is 9.95. The Bertz CT molecular complexity index is 361. The lowest BCUT2D eigenvalue weighted by Crippen LogP contribution is -2.38. The van der Waals surface area contributed by atoms with Crippen molar-refractivity contribution < 1.29 is 9.84 Å². The number of benzene rings is 1. The van der Waals surface area contributed by atoms with E-state index in [1.54, 1.807) is 0 Å². The number of aliphatic hydroxyl groups excluding tert-OH is 1. The first-order valence-corrected chi connectivity index (χ1v) is 6.95. The maximum absolute atomic E-state index is 10.4. The van der Waals surface area contributed by atoms with Gasteiger partial charge in [-0.25, -0.2) is 0 Å². The Labute approximate surface area is 109 Å². The second-order valence-electron chi connectivity index (χ2n) is 4.92. The molecule has 100 valence electrons. The molecule has 1 aliphatic heterocycles. The molecule has 3 nitrogen and oxygen atoms in total. The van der Waals surface area contributed by atoms with Crippen LogP contribution < -0.4 is 10.1 Å².